The van der Waals surface area contributed by atoms with Crippen molar-refractivity contribution >= 4 is 22.8 Å². The molecule has 5 nitrogen and oxygen atoms in total. The molecule has 0 aliphatic carbocycles. The Morgan fingerprint density at radius 1 is 1.43 bits per heavy atom. The zero-order valence-corrected chi connectivity index (χ0v) is 11.7. The third-order valence-electron chi connectivity index (χ3n) is 3.12. The maximum absolute atomic E-state index is 12.1. The van der Waals surface area contributed by atoms with Crippen molar-refractivity contribution in [2.75, 3.05) is 7.11 Å². The van der Waals surface area contributed by atoms with Gasteiger partial charge in [0.15, 0.2) is 17.1 Å². The van der Waals surface area contributed by atoms with Crippen molar-refractivity contribution in [1.29, 1.82) is 0 Å². The van der Waals surface area contributed by atoms with Crippen molar-refractivity contribution in [1.82, 2.24) is 9.78 Å². The molecule has 0 N–H and O–H groups in total. The molecule has 3 rings (SSSR count). The molecule has 106 valence electrons. The predicted octanol–water partition coefficient (Wildman–Crippen LogP) is 3.07. The molecule has 21 heavy (non-hydrogen) atoms. The highest BCUT2D eigenvalue weighted by Gasteiger charge is 2.12. The van der Waals surface area contributed by atoms with Crippen molar-refractivity contribution in [3.63, 3.8) is 0 Å². The van der Waals surface area contributed by atoms with Gasteiger partial charge in [-0.25, -0.2) is 0 Å². The monoisotopic (exact) mass is 282 g/mol. The molecular weight excluding hydrogens is 268 g/mol. The fraction of sp³-hybridized carbons (Fsp3) is 0.125. The van der Waals surface area contributed by atoms with Gasteiger partial charge in [-0.1, -0.05) is 12.1 Å². The lowest BCUT2D eigenvalue weighted by molar-refractivity contribution is 0.102. The number of nitrogens with zero attached hydrogens (tertiary/aromatic N) is 2. The zero-order valence-electron chi connectivity index (χ0n) is 11.7. The van der Waals surface area contributed by atoms with E-state index in [1.165, 1.54) is 6.08 Å². The number of hydrogen-bond acceptors (Lipinski definition) is 4. The van der Waals surface area contributed by atoms with Crippen molar-refractivity contribution in [3.8, 4) is 5.75 Å². The van der Waals surface area contributed by atoms with E-state index in [9.17, 15) is 4.79 Å². The van der Waals surface area contributed by atoms with Crippen LogP contribution < -0.4 is 4.74 Å². The minimum atomic E-state index is -0.197. The summed E-state index contributed by atoms with van der Waals surface area (Å²) in [5.74, 6) is 0.703. The quantitative estimate of drug-likeness (QED) is 0.545. The Labute approximate surface area is 121 Å². The van der Waals surface area contributed by atoms with Crippen LogP contribution in [0.25, 0.3) is 17.0 Å². The number of benzene rings is 1. The number of methoxy groups -OCH3 is 1. The molecule has 0 saturated carbocycles. The van der Waals surface area contributed by atoms with Crippen molar-refractivity contribution in [2.45, 2.75) is 0 Å². The first-order chi connectivity index (χ1) is 10.2. The summed E-state index contributed by atoms with van der Waals surface area (Å²) < 4.78 is 12.5. The lowest BCUT2D eigenvalue weighted by Crippen LogP contribution is -1.90. The SMILES string of the molecule is COc1cccc2cc(C(=O)/C=C\c3cnn(C)c3)oc12. The van der Waals surface area contributed by atoms with Gasteiger partial charge in [-0.3, -0.25) is 9.48 Å². The topological polar surface area (TPSA) is 57.3 Å². The van der Waals surface area contributed by atoms with Gasteiger partial charge in [-0.2, -0.15) is 5.10 Å². The fourth-order valence-corrected chi connectivity index (χ4v) is 2.10. The highest BCUT2D eigenvalue weighted by Crippen LogP contribution is 2.28. The molecule has 2 aromatic heterocycles. The summed E-state index contributed by atoms with van der Waals surface area (Å²) in [6.45, 7) is 0. The van der Waals surface area contributed by atoms with Crippen LogP contribution in [0.5, 0.6) is 5.75 Å². The molecule has 0 aliphatic rings. The lowest BCUT2D eigenvalue weighted by atomic mass is 10.2. The predicted molar refractivity (Wildman–Crippen MR) is 79.3 cm³/mol. The van der Waals surface area contributed by atoms with E-state index in [1.54, 1.807) is 36.2 Å². The van der Waals surface area contributed by atoms with Gasteiger partial charge in [-0.05, 0) is 24.3 Å². The molecule has 0 fully saturated rings. The van der Waals surface area contributed by atoms with E-state index < -0.39 is 0 Å². The Kier molecular flexibility index (Phi) is 3.31. The molecule has 1 aromatic carbocycles. The maximum Gasteiger partial charge on any atom is 0.221 e. The highest BCUT2D eigenvalue weighted by atomic mass is 16.5. The molecule has 0 atom stereocenters. The second kappa shape index (κ2) is 5.28. The largest absolute Gasteiger partial charge is 0.493 e. The van der Waals surface area contributed by atoms with E-state index in [2.05, 4.69) is 5.10 Å². The summed E-state index contributed by atoms with van der Waals surface area (Å²) in [4.78, 5) is 12.1. The molecule has 0 bridgehead atoms. The Bertz CT molecular complexity index is 827. The Hall–Kier alpha value is -2.82. The van der Waals surface area contributed by atoms with Gasteiger partial charge < -0.3 is 9.15 Å². The Morgan fingerprint density at radius 2 is 2.29 bits per heavy atom. The lowest BCUT2D eigenvalue weighted by Gasteiger charge is -1.98. The number of aryl methyl sites for hydroxylation is 1. The van der Waals surface area contributed by atoms with Gasteiger partial charge in [-0.15, -0.1) is 0 Å². The van der Waals surface area contributed by atoms with Crippen molar-refractivity contribution in [2.24, 2.45) is 7.05 Å². The van der Waals surface area contributed by atoms with Gasteiger partial charge >= 0.3 is 0 Å². The van der Waals surface area contributed by atoms with Gasteiger partial charge in [0.25, 0.3) is 0 Å². The summed E-state index contributed by atoms with van der Waals surface area (Å²) in [5.41, 5.74) is 1.44. The van der Waals surface area contributed by atoms with Gasteiger partial charge in [0.1, 0.15) is 0 Å². The summed E-state index contributed by atoms with van der Waals surface area (Å²) >= 11 is 0. The van der Waals surface area contributed by atoms with E-state index >= 15 is 0 Å². The average Bonchev–Trinajstić information content (AvgIpc) is 3.10. The van der Waals surface area contributed by atoms with Crippen molar-refractivity contribution < 1.29 is 13.9 Å². The van der Waals surface area contributed by atoms with Crippen LogP contribution in [0, 0.1) is 0 Å². The molecular formula is C16H14N2O3. The summed E-state index contributed by atoms with van der Waals surface area (Å²) in [7, 11) is 3.39. The second-order valence-electron chi connectivity index (χ2n) is 4.63. The van der Waals surface area contributed by atoms with Crippen LogP contribution in [-0.4, -0.2) is 22.7 Å². The summed E-state index contributed by atoms with van der Waals surface area (Å²) in [6.07, 6.45) is 6.69. The van der Waals surface area contributed by atoms with E-state index in [0.29, 0.717) is 11.3 Å². The van der Waals surface area contributed by atoms with Gasteiger partial charge in [0.2, 0.25) is 5.78 Å². The van der Waals surface area contributed by atoms with Crippen LogP contribution in [0.15, 0.2) is 47.2 Å². The zero-order chi connectivity index (χ0) is 14.8. The van der Waals surface area contributed by atoms with Crippen LogP contribution in [-0.2, 0) is 7.05 Å². The van der Waals surface area contributed by atoms with Gasteiger partial charge in [0.05, 0.1) is 13.3 Å². The van der Waals surface area contributed by atoms with Crippen LogP contribution in [0.3, 0.4) is 0 Å². The number of carbonyl (C=O) groups is 1. The average molecular weight is 282 g/mol. The summed E-state index contributed by atoms with van der Waals surface area (Å²) in [5, 5.41) is 4.88. The highest BCUT2D eigenvalue weighted by molar-refractivity contribution is 6.07. The normalized spacial score (nSPS) is 11.3. The van der Waals surface area contributed by atoms with Crippen LogP contribution >= 0.6 is 0 Å². The van der Waals surface area contributed by atoms with Crippen LogP contribution in [0.1, 0.15) is 16.1 Å². The maximum atomic E-state index is 12.1. The van der Waals surface area contributed by atoms with Gasteiger partial charge in [0, 0.05) is 24.2 Å². The minimum absolute atomic E-state index is 0.197. The van der Waals surface area contributed by atoms with E-state index in [4.69, 9.17) is 9.15 Å². The molecule has 0 saturated heterocycles. The first-order valence-corrected chi connectivity index (χ1v) is 6.45. The molecule has 0 amide bonds. The molecule has 5 heteroatoms. The van der Waals surface area contributed by atoms with Crippen molar-refractivity contribution in [3.05, 3.63) is 54.1 Å². The smallest absolute Gasteiger partial charge is 0.221 e. The third-order valence-corrected chi connectivity index (χ3v) is 3.12. The number of aromatic nitrogens is 2. The first kappa shape index (κ1) is 13.2. The number of para-hydroxylation sites is 1. The number of furan rings is 1. The number of rotatable bonds is 4. The number of carbonyl (C=O) groups excluding carboxylic acids is 1. The van der Waals surface area contributed by atoms with Crippen LogP contribution in [0.2, 0.25) is 0 Å². The number of fused-ring (bicyclic) bond motifs is 1. The second-order valence-corrected chi connectivity index (χ2v) is 4.63. The molecule has 0 aliphatic heterocycles. The van der Waals surface area contributed by atoms with E-state index in [-0.39, 0.29) is 11.5 Å². The number of ether oxygens (including phenoxy) is 1. The Balaban J connectivity index is 1.89. The Morgan fingerprint density at radius 3 is 3.00 bits per heavy atom. The minimum Gasteiger partial charge on any atom is -0.493 e. The molecule has 2 heterocycles. The fourth-order valence-electron chi connectivity index (χ4n) is 2.10. The number of allylic oxidation sites excluding steroid dienone is 1. The number of ketones is 1. The third kappa shape index (κ3) is 2.58. The molecule has 0 spiro atoms. The summed E-state index contributed by atoms with van der Waals surface area (Å²) in [6, 6.07) is 7.25. The molecule has 0 radical (unpaired) electrons. The molecule has 3 aromatic rings. The van der Waals surface area contributed by atoms with Crippen LogP contribution in [0.4, 0.5) is 0 Å². The molecule has 0 unspecified atom stereocenters. The standard InChI is InChI=1S/C16H14N2O3/c1-18-10-11(9-17-18)6-7-13(19)15-8-12-4-3-5-14(20-2)16(12)21-15/h3-10H,1-2H3/b7-6-. The number of hydrogen-bond donors (Lipinski definition) is 0. The van der Waals surface area contributed by atoms with E-state index in [0.717, 1.165) is 10.9 Å². The first-order valence-electron chi connectivity index (χ1n) is 6.45. The van der Waals surface area contributed by atoms with E-state index in [1.807, 2.05) is 25.4 Å².